The van der Waals surface area contributed by atoms with Crippen LogP contribution in [0.3, 0.4) is 0 Å². The van der Waals surface area contributed by atoms with E-state index in [1.54, 1.807) is 0 Å². The van der Waals surface area contributed by atoms with Gasteiger partial charge in [0, 0.05) is 38.1 Å². The third-order valence-electron chi connectivity index (χ3n) is 3.51. The van der Waals surface area contributed by atoms with Crippen LogP contribution in [0.5, 0.6) is 0 Å². The lowest BCUT2D eigenvalue weighted by atomic mass is 9.97. The molecule has 1 saturated heterocycles. The summed E-state index contributed by atoms with van der Waals surface area (Å²) in [6.07, 6.45) is 3.07. The molecule has 2 heterocycles. The first-order valence-electron chi connectivity index (χ1n) is 7.39. The molecule has 0 bridgehead atoms. The molecule has 1 N–H and O–H groups in total. The van der Waals surface area contributed by atoms with Crippen LogP contribution >= 0.6 is 0 Å². The summed E-state index contributed by atoms with van der Waals surface area (Å²) in [6.45, 7) is 13.0. The second kappa shape index (κ2) is 6.33. The van der Waals surface area contributed by atoms with E-state index in [0.29, 0.717) is 11.8 Å². The average molecular weight is 262 g/mol. The first-order chi connectivity index (χ1) is 9.08. The van der Waals surface area contributed by atoms with E-state index in [-0.39, 0.29) is 0 Å². The van der Waals surface area contributed by atoms with Crippen LogP contribution in [0, 0.1) is 5.92 Å². The van der Waals surface area contributed by atoms with Crippen LogP contribution in [0.25, 0.3) is 0 Å². The third-order valence-corrected chi connectivity index (χ3v) is 3.51. The molecular formula is C15H26N4. The molecule has 4 heteroatoms. The first kappa shape index (κ1) is 14.3. The van der Waals surface area contributed by atoms with Crippen molar-refractivity contribution in [3.05, 3.63) is 17.5 Å². The average Bonchev–Trinajstić information content (AvgIpc) is 2.38. The standard InChI is InChI=1S/C15H26N4/c1-11(2)9-14-13(12(3)4)10-17-15(18-14)19-7-5-16-6-8-19/h10-12,16H,5-9H2,1-4H3. The van der Waals surface area contributed by atoms with Crippen LogP contribution in [-0.4, -0.2) is 36.1 Å². The van der Waals surface area contributed by atoms with E-state index in [1.165, 1.54) is 11.3 Å². The van der Waals surface area contributed by atoms with Crippen molar-refractivity contribution in [3.63, 3.8) is 0 Å². The van der Waals surface area contributed by atoms with E-state index in [1.807, 2.05) is 6.20 Å². The molecule has 1 fully saturated rings. The molecule has 1 aromatic rings. The minimum absolute atomic E-state index is 0.492. The van der Waals surface area contributed by atoms with Gasteiger partial charge in [0.1, 0.15) is 0 Å². The number of rotatable bonds is 4. The quantitative estimate of drug-likeness (QED) is 0.903. The van der Waals surface area contributed by atoms with Crippen molar-refractivity contribution in [2.24, 2.45) is 5.92 Å². The molecule has 4 nitrogen and oxygen atoms in total. The Kier molecular flexibility index (Phi) is 4.75. The number of piperazine rings is 1. The summed E-state index contributed by atoms with van der Waals surface area (Å²) in [7, 11) is 0. The smallest absolute Gasteiger partial charge is 0.225 e. The van der Waals surface area contributed by atoms with Gasteiger partial charge in [-0.25, -0.2) is 9.97 Å². The second-order valence-electron chi connectivity index (χ2n) is 6.06. The minimum atomic E-state index is 0.492. The van der Waals surface area contributed by atoms with E-state index in [2.05, 4.69) is 42.9 Å². The Hall–Kier alpha value is -1.16. The number of nitrogens with one attached hydrogen (secondary N) is 1. The van der Waals surface area contributed by atoms with E-state index >= 15 is 0 Å². The van der Waals surface area contributed by atoms with E-state index < -0.39 is 0 Å². The molecule has 0 saturated carbocycles. The van der Waals surface area contributed by atoms with Crippen molar-refractivity contribution < 1.29 is 0 Å². The van der Waals surface area contributed by atoms with Crippen LogP contribution in [0.1, 0.15) is 44.9 Å². The summed E-state index contributed by atoms with van der Waals surface area (Å²) in [6, 6.07) is 0. The van der Waals surface area contributed by atoms with Gasteiger partial charge in [-0.1, -0.05) is 27.7 Å². The monoisotopic (exact) mass is 262 g/mol. The SMILES string of the molecule is CC(C)Cc1nc(N2CCNCC2)ncc1C(C)C. The maximum Gasteiger partial charge on any atom is 0.225 e. The summed E-state index contributed by atoms with van der Waals surface area (Å²) >= 11 is 0. The fourth-order valence-electron chi connectivity index (χ4n) is 2.47. The summed E-state index contributed by atoms with van der Waals surface area (Å²) in [5.41, 5.74) is 2.53. The largest absolute Gasteiger partial charge is 0.338 e. The topological polar surface area (TPSA) is 41.1 Å². The van der Waals surface area contributed by atoms with Gasteiger partial charge >= 0.3 is 0 Å². The predicted octanol–water partition coefficient (Wildman–Crippen LogP) is 2.21. The lowest BCUT2D eigenvalue weighted by Gasteiger charge is -2.28. The maximum absolute atomic E-state index is 4.84. The Morgan fingerprint density at radius 2 is 1.89 bits per heavy atom. The van der Waals surface area contributed by atoms with Gasteiger partial charge in [-0.05, 0) is 23.8 Å². The molecule has 19 heavy (non-hydrogen) atoms. The molecule has 1 aromatic heterocycles. The molecule has 2 rings (SSSR count). The molecule has 0 aliphatic carbocycles. The number of hydrogen-bond donors (Lipinski definition) is 1. The van der Waals surface area contributed by atoms with Gasteiger partial charge in [0.25, 0.3) is 0 Å². The molecule has 1 aliphatic heterocycles. The Morgan fingerprint density at radius 3 is 2.47 bits per heavy atom. The van der Waals surface area contributed by atoms with Crippen LogP contribution in [-0.2, 0) is 6.42 Å². The first-order valence-corrected chi connectivity index (χ1v) is 7.39. The van der Waals surface area contributed by atoms with Gasteiger partial charge < -0.3 is 10.2 Å². The summed E-state index contributed by atoms with van der Waals surface area (Å²) in [4.78, 5) is 11.7. The zero-order valence-corrected chi connectivity index (χ0v) is 12.6. The highest BCUT2D eigenvalue weighted by Crippen LogP contribution is 2.22. The molecule has 1 aliphatic rings. The molecule has 0 unspecified atom stereocenters. The van der Waals surface area contributed by atoms with Crippen molar-refractivity contribution >= 4 is 5.95 Å². The Morgan fingerprint density at radius 1 is 1.21 bits per heavy atom. The molecule has 106 valence electrons. The molecule has 0 radical (unpaired) electrons. The van der Waals surface area contributed by atoms with E-state index in [4.69, 9.17) is 4.98 Å². The fourth-order valence-corrected chi connectivity index (χ4v) is 2.47. The lowest BCUT2D eigenvalue weighted by molar-refractivity contribution is 0.573. The number of hydrogen-bond acceptors (Lipinski definition) is 4. The highest BCUT2D eigenvalue weighted by Gasteiger charge is 2.17. The van der Waals surface area contributed by atoms with Gasteiger partial charge in [-0.3, -0.25) is 0 Å². The van der Waals surface area contributed by atoms with Crippen LogP contribution in [0.15, 0.2) is 6.20 Å². The Balaban J connectivity index is 2.25. The zero-order chi connectivity index (χ0) is 13.8. The number of nitrogens with zero attached hydrogens (tertiary/aromatic N) is 3. The van der Waals surface area contributed by atoms with Crippen LogP contribution in [0.2, 0.25) is 0 Å². The van der Waals surface area contributed by atoms with Gasteiger partial charge in [0.15, 0.2) is 0 Å². The second-order valence-corrected chi connectivity index (χ2v) is 6.06. The highest BCUT2D eigenvalue weighted by molar-refractivity contribution is 5.35. The van der Waals surface area contributed by atoms with Crippen molar-refractivity contribution in [2.45, 2.75) is 40.0 Å². The van der Waals surface area contributed by atoms with Crippen molar-refractivity contribution in [2.75, 3.05) is 31.1 Å². The summed E-state index contributed by atoms with van der Waals surface area (Å²) in [5, 5.41) is 3.36. The van der Waals surface area contributed by atoms with Crippen molar-refractivity contribution in [1.82, 2.24) is 15.3 Å². The molecule has 0 atom stereocenters. The van der Waals surface area contributed by atoms with Crippen molar-refractivity contribution in [3.8, 4) is 0 Å². The minimum Gasteiger partial charge on any atom is -0.338 e. The van der Waals surface area contributed by atoms with Gasteiger partial charge in [0.2, 0.25) is 5.95 Å². The van der Waals surface area contributed by atoms with E-state index in [9.17, 15) is 0 Å². The molecule has 0 amide bonds. The van der Waals surface area contributed by atoms with Crippen molar-refractivity contribution in [1.29, 1.82) is 0 Å². The van der Waals surface area contributed by atoms with Gasteiger partial charge in [-0.2, -0.15) is 0 Å². The normalized spacial score (nSPS) is 16.4. The number of anilines is 1. The molecular weight excluding hydrogens is 236 g/mol. The molecule has 0 spiro atoms. The summed E-state index contributed by atoms with van der Waals surface area (Å²) < 4.78 is 0. The van der Waals surface area contributed by atoms with Crippen LogP contribution in [0.4, 0.5) is 5.95 Å². The predicted molar refractivity (Wildman–Crippen MR) is 79.7 cm³/mol. The third kappa shape index (κ3) is 3.66. The molecule has 0 aromatic carbocycles. The lowest BCUT2D eigenvalue weighted by Crippen LogP contribution is -2.44. The Bertz CT molecular complexity index is 409. The number of aromatic nitrogens is 2. The summed E-state index contributed by atoms with van der Waals surface area (Å²) in [5.74, 6) is 2.02. The maximum atomic E-state index is 4.84. The Labute approximate surface area is 116 Å². The van der Waals surface area contributed by atoms with Gasteiger partial charge in [-0.15, -0.1) is 0 Å². The fraction of sp³-hybridized carbons (Fsp3) is 0.733. The highest BCUT2D eigenvalue weighted by atomic mass is 15.3. The van der Waals surface area contributed by atoms with Gasteiger partial charge in [0.05, 0.1) is 0 Å². The zero-order valence-electron chi connectivity index (χ0n) is 12.6. The van der Waals surface area contributed by atoms with Crippen LogP contribution < -0.4 is 10.2 Å². The van der Waals surface area contributed by atoms with E-state index in [0.717, 1.165) is 38.5 Å².